The minimum atomic E-state index is 0.486. The average Bonchev–Trinajstić information content (AvgIpc) is 2.24. The summed E-state index contributed by atoms with van der Waals surface area (Å²) in [5.41, 5.74) is 0.486. The van der Waals surface area contributed by atoms with Gasteiger partial charge in [-0.25, -0.2) is 0 Å². The Hall–Kier alpha value is -0.0400. The summed E-state index contributed by atoms with van der Waals surface area (Å²) < 4.78 is 0. The molecule has 1 rings (SSSR count). The number of rotatable bonds is 6. The van der Waals surface area contributed by atoms with Gasteiger partial charge in [0, 0.05) is 6.04 Å². The molecule has 0 aromatic heterocycles. The molecule has 0 amide bonds. The van der Waals surface area contributed by atoms with E-state index in [1.807, 2.05) is 0 Å². The van der Waals surface area contributed by atoms with Gasteiger partial charge in [-0.15, -0.1) is 0 Å². The fourth-order valence-corrected chi connectivity index (χ4v) is 4.08. The summed E-state index contributed by atoms with van der Waals surface area (Å²) >= 11 is 0. The van der Waals surface area contributed by atoms with Crippen molar-refractivity contribution in [1.29, 1.82) is 0 Å². The fourth-order valence-electron chi connectivity index (χ4n) is 4.08. The molecule has 0 bridgehead atoms. The molecule has 1 aliphatic rings. The first-order valence-corrected chi connectivity index (χ1v) is 8.10. The van der Waals surface area contributed by atoms with Crippen LogP contribution in [0.5, 0.6) is 0 Å². The predicted molar refractivity (Wildman–Crippen MR) is 81.8 cm³/mol. The summed E-state index contributed by atoms with van der Waals surface area (Å²) in [4.78, 5) is 0. The zero-order chi connectivity index (χ0) is 13.8. The second kappa shape index (κ2) is 6.93. The monoisotopic (exact) mass is 253 g/mol. The largest absolute Gasteiger partial charge is 0.314 e. The Labute approximate surface area is 115 Å². The van der Waals surface area contributed by atoms with Crippen LogP contribution in [-0.4, -0.2) is 12.6 Å². The first-order chi connectivity index (χ1) is 8.36. The van der Waals surface area contributed by atoms with Crippen LogP contribution in [0.25, 0.3) is 0 Å². The van der Waals surface area contributed by atoms with Crippen LogP contribution in [0.4, 0.5) is 0 Å². The minimum Gasteiger partial charge on any atom is -0.314 e. The summed E-state index contributed by atoms with van der Waals surface area (Å²) in [6.45, 7) is 15.6. The first-order valence-electron chi connectivity index (χ1n) is 8.10. The molecule has 0 aromatic carbocycles. The molecular formula is C17H35N. The maximum atomic E-state index is 3.83. The van der Waals surface area contributed by atoms with Crippen molar-refractivity contribution in [3.63, 3.8) is 0 Å². The number of nitrogens with one attached hydrogen (secondary N) is 1. The van der Waals surface area contributed by atoms with E-state index < -0.39 is 0 Å². The SMILES string of the molecule is CCCNC1CC(C)CCC1C(C)(C)CC(C)C. The van der Waals surface area contributed by atoms with E-state index >= 15 is 0 Å². The molecule has 1 nitrogen and oxygen atoms in total. The Bertz CT molecular complexity index is 232. The van der Waals surface area contributed by atoms with E-state index in [1.165, 1.54) is 38.6 Å². The molecule has 108 valence electrons. The minimum absolute atomic E-state index is 0.486. The van der Waals surface area contributed by atoms with Gasteiger partial charge in [0.25, 0.3) is 0 Å². The quantitative estimate of drug-likeness (QED) is 0.712. The van der Waals surface area contributed by atoms with Crippen molar-refractivity contribution in [2.24, 2.45) is 23.2 Å². The van der Waals surface area contributed by atoms with Gasteiger partial charge in [0.15, 0.2) is 0 Å². The zero-order valence-corrected chi connectivity index (χ0v) is 13.6. The van der Waals surface area contributed by atoms with Crippen LogP contribution in [0.3, 0.4) is 0 Å². The Balaban J connectivity index is 2.69. The van der Waals surface area contributed by atoms with Gasteiger partial charge in [0.1, 0.15) is 0 Å². The van der Waals surface area contributed by atoms with Crippen molar-refractivity contribution >= 4 is 0 Å². The second-order valence-electron chi connectivity index (χ2n) is 7.67. The van der Waals surface area contributed by atoms with Crippen molar-refractivity contribution in [2.45, 2.75) is 79.7 Å². The lowest BCUT2D eigenvalue weighted by Gasteiger charge is -2.45. The summed E-state index contributed by atoms with van der Waals surface area (Å²) in [7, 11) is 0. The molecule has 1 saturated carbocycles. The third-order valence-electron chi connectivity index (χ3n) is 4.71. The van der Waals surface area contributed by atoms with E-state index in [2.05, 4.69) is 46.9 Å². The highest BCUT2D eigenvalue weighted by Gasteiger charge is 2.38. The normalized spacial score (nSPS) is 29.8. The first kappa shape index (κ1) is 16.0. The van der Waals surface area contributed by atoms with Gasteiger partial charge in [0.2, 0.25) is 0 Å². The van der Waals surface area contributed by atoms with Crippen LogP contribution in [0, 0.1) is 23.2 Å². The summed E-state index contributed by atoms with van der Waals surface area (Å²) in [5, 5.41) is 3.83. The van der Waals surface area contributed by atoms with Crippen LogP contribution in [0.15, 0.2) is 0 Å². The lowest BCUT2D eigenvalue weighted by Crippen LogP contribution is -2.47. The van der Waals surface area contributed by atoms with Gasteiger partial charge in [-0.1, -0.05) is 48.0 Å². The lowest BCUT2D eigenvalue weighted by molar-refractivity contribution is 0.0761. The highest BCUT2D eigenvalue weighted by molar-refractivity contribution is 4.92. The maximum absolute atomic E-state index is 3.83. The Kier molecular flexibility index (Phi) is 6.17. The van der Waals surface area contributed by atoms with Gasteiger partial charge in [-0.2, -0.15) is 0 Å². The van der Waals surface area contributed by atoms with E-state index in [0.717, 1.165) is 23.8 Å². The lowest BCUT2D eigenvalue weighted by atomic mass is 9.63. The van der Waals surface area contributed by atoms with E-state index in [4.69, 9.17) is 0 Å². The molecule has 18 heavy (non-hydrogen) atoms. The molecule has 0 saturated heterocycles. The van der Waals surface area contributed by atoms with Gasteiger partial charge >= 0.3 is 0 Å². The Morgan fingerprint density at radius 1 is 1.22 bits per heavy atom. The van der Waals surface area contributed by atoms with Crippen LogP contribution < -0.4 is 5.32 Å². The molecular weight excluding hydrogens is 218 g/mol. The molecule has 3 atom stereocenters. The molecule has 0 aromatic rings. The van der Waals surface area contributed by atoms with Crippen LogP contribution >= 0.6 is 0 Å². The molecule has 1 aliphatic carbocycles. The summed E-state index contributed by atoms with van der Waals surface area (Å²) in [5.74, 6) is 2.58. The summed E-state index contributed by atoms with van der Waals surface area (Å²) in [6, 6.07) is 0.752. The number of hydrogen-bond donors (Lipinski definition) is 1. The van der Waals surface area contributed by atoms with E-state index in [1.54, 1.807) is 0 Å². The molecule has 0 heterocycles. The van der Waals surface area contributed by atoms with Gasteiger partial charge in [0.05, 0.1) is 0 Å². The van der Waals surface area contributed by atoms with E-state index in [-0.39, 0.29) is 0 Å². The standard InChI is InChI=1S/C17H35N/c1-7-10-18-16-11-14(4)8-9-15(16)17(5,6)12-13(2)3/h13-16,18H,7-12H2,1-6H3. The molecule has 0 radical (unpaired) electrons. The number of hydrogen-bond acceptors (Lipinski definition) is 1. The van der Waals surface area contributed by atoms with Crippen LogP contribution in [-0.2, 0) is 0 Å². The molecule has 1 fully saturated rings. The average molecular weight is 253 g/mol. The van der Waals surface area contributed by atoms with Gasteiger partial charge in [-0.3, -0.25) is 0 Å². The second-order valence-corrected chi connectivity index (χ2v) is 7.67. The third-order valence-corrected chi connectivity index (χ3v) is 4.71. The van der Waals surface area contributed by atoms with E-state index in [9.17, 15) is 0 Å². The van der Waals surface area contributed by atoms with Crippen molar-refractivity contribution < 1.29 is 0 Å². The Morgan fingerprint density at radius 2 is 1.89 bits per heavy atom. The molecule has 1 N–H and O–H groups in total. The van der Waals surface area contributed by atoms with Crippen LogP contribution in [0.2, 0.25) is 0 Å². The van der Waals surface area contributed by atoms with Crippen molar-refractivity contribution in [3.8, 4) is 0 Å². The maximum Gasteiger partial charge on any atom is 0.0103 e. The third kappa shape index (κ3) is 4.57. The summed E-state index contributed by atoms with van der Waals surface area (Å²) in [6.07, 6.45) is 6.84. The Morgan fingerprint density at radius 3 is 2.44 bits per heavy atom. The molecule has 3 unspecified atom stereocenters. The van der Waals surface area contributed by atoms with Crippen LogP contribution in [0.1, 0.15) is 73.6 Å². The van der Waals surface area contributed by atoms with Crippen molar-refractivity contribution in [2.75, 3.05) is 6.54 Å². The predicted octanol–water partition coefficient (Wildman–Crippen LogP) is 4.86. The topological polar surface area (TPSA) is 12.0 Å². The van der Waals surface area contributed by atoms with Crippen molar-refractivity contribution in [3.05, 3.63) is 0 Å². The van der Waals surface area contributed by atoms with Crippen molar-refractivity contribution in [1.82, 2.24) is 5.32 Å². The molecule has 0 aliphatic heterocycles. The highest BCUT2D eigenvalue weighted by atomic mass is 14.9. The highest BCUT2D eigenvalue weighted by Crippen LogP contribution is 2.43. The fraction of sp³-hybridized carbons (Fsp3) is 1.00. The molecule has 0 spiro atoms. The van der Waals surface area contributed by atoms with E-state index in [0.29, 0.717) is 5.41 Å². The van der Waals surface area contributed by atoms with Gasteiger partial charge in [-0.05, 0) is 55.4 Å². The molecule has 1 heteroatoms. The zero-order valence-electron chi connectivity index (χ0n) is 13.6. The smallest absolute Gasteiger partial charge is 0.0103 e. The van der Waals surface area contributed by atoms with Gasteiger partial charge < -0.3 is 5.32 Å².